The van der Waals surface area contributed by atoms with Gasteiger partial charge in [0.2, 0.25) is 0 Å². The van der Waals surface area contributed by atoms with Gasteiger partial charge in [-0.25, -0.2) is 8.42 Å². The van der Waals surface area contributed by atoms with E-state index in [2.05, 4.69) is 0 Å². The first-order chi connectivity index (χ1) is 11.1. The maximum Gasteiger partial charge on any atom is 0.494 e. The van der Waals surface area contributed by atoms with Gasteiger partial charge in [-0.3, -0.25) is 0 Å². The van der Waals surface area contributed by atoms with Crippen LogP contribution in [-0.2, 0) is 23.9 Å². The minimum Gasteiger partial charge on any atom is -0.399 e. The third-order valence-corrected chi connectivity index (χ3v) is 7.62. The average Bonchev–Trinajstić information content (AvgIpc) is 2.76. The van der Waals surface area contributed by atoms with Crippen LogP contribution in [0.15, 0.2) is 29.2 Å². The Morgan fingerprint density at radius 1 is 0.958 bits per heavy atom. The molecule has 5 nitrogen and oxygen atoms in total. The SMILES string of the molecule is CC1(C)OB(c2ccc(S(=O)(=O)C3CCOCC3)cc2)OC1(C)C. The fourth-order valence-corrected chi connectivity index (χ4v) is 4.69. The van der Waals surface area contributed by atoms with E-state index in [-0.39, 0.29) is 5.25 Å². The maximum atomic E-state index is 12.7. The van der Waals surface area contributed by atoms with E-state index in [0.29, 0.717) is 31.0 Å². The Bertz CT molecular complexity index is 674. The van der Waals surface area contributed by atoms with Crippen LogP contribution in [0.3, 0.4) is 0 Å². The van der Waals surface area contributed by atoms with Gasteiger partial charge in [0.15, 0.2) is 9.84 Å². The van der Waals surface area contributed by atoms with E-state index < -0.39 is 28.2 Å². The summed E-state index contributed by atoms with van der Waals surface area (Å²) in [5.41, 5.74) is 0.00856. The predicted octanol–water partition coefficient (Wildman–Crippen LogP) is 1.94. The monoisotopic (exact) mass is 352 g/mol. The minimum absolute atomic E-state index is 0.353. The fourth-order valence-electron chi connectivity index (χ4n) is 2.97. The van der Waals surface area contributed by atoms with Crippen LogP contribution in [0.25, 0.3) is 0 Å². The Balaban J connectivity index is 1.79. The van der Waals surface area contributed by atoms with Crippen molar-refractivity contribution >= 4 is 22.4 Å². The molecule has 0 amide bonds. The average molecular weight is 352 g/mol. The molecule has 0 saturated carbocycles. The molecule has 0 spiro atoms. The Labute approximate surface area is 144 Å². The number of rotatable bonds is 3. The number of benzene rings is 1. The van der Waals surface area contributed by atoms with Crippen molar-refractivity contribution in [1.29, 1.82) is 0 Å². The van der Waals surface area contributed by atoms with E-state index in [1.54, 1.807) is 24.3 Å². The first-order valence-electron chi connectivity index (χ1n) is 8.41. The molecule has 0 atom stereocenters. The van der Waals surface area contributed by atoms with Crippen LogP contribution in [0.2, 0.25) is 0 Å². The Morgan fingerprint density at radius 3 is 1.96 bits per heavy atom. The van der Waals surface area contributed by atoms with Crippen LogP contribution in [0.1, 0.15) is 40.5 Å². The summed E-state index contributed by atoms with van der Waals surface area (Å²) in [5.74, 6) is 0. The summed E-state index contributed by atoms with van der Waals surface area (Å²) in [6, 6.07) is 6.89. The lowest BCUT2D eigenvalue weighted by molar-refractivity contribution is 0.00578. The highest BCUT2D eigenvalue weighted by Crippen LogP contribution is 2.36. The summed E-state index contributed by atoms with van der Waals surface area (Å²) in [5, 5.41) is -0.353. The van der Waals surface area contributed by atoms with Crippen molar-refractivity contribution in [2.24, 2.45) is 0 Å². The van der Waals surface area contributed by atoms with Crippen LogP contribution in [-0.4, -0.2) is 45.2 Å². The molecular formula is C17H25BO5S. The molecule has 0 aliphatic carbocycles. The van der Waals surface area contributed by atoms with Crippen LogP contribution in [0.5, 0.6) is 0 Å². The van der Waals surface area contributed by atoms with Gasteiger partial charge in [-0.2, -0.15) is 0 Å². The van der Waals surface area contributed by atoms with Crippen molar-refractivity contribution in [2.45, 2.75) is 61.9 Å². The molecule has 2 fully saturated rings. The van der Waals surface area contributed by atoms with Gasteiger partial charge < -0.3 is 14.0 Å². The molecule has 1 aromatic carbocycles. The van der Waals surface area contributed by atoms with E-state index in [9.17, 15) is 8.42 Å². The lowest BCUT2D eigenvalue weighted by atomic mass is 9.79. The van der Waals surface area contributed by atoms with E-state index in [1.165, 1.54) is 0 Å². The molecule has 0 aromatic heterocycles. The summed E-state index contributed by atoms with van der Waals surface area (Å²) in [6.07, 6.45) is 1.11. The highest BCUT2D eigenvalue weighted by Gasteiger charge is 2.51. The summed E-state index contributed by atoms with van der Waals surface area (Å²) < 4.78 is 42.7. The van der Waals surface area contributed by atoms with E-state index >= 15 is 0 Å². The Kier molecular flexibility index (Phi) is 4.58. The second kappa shape index (κ2) is 6.13. The maximum absolute atomic E-state index is 12.7. The van der Waals surface area contributed by atoms with Gasteiger partial charge in [0, 0.05) is 13.2 Å². The van der Waals surface area contributed by atoms with Crippen LogP contribution in [0, 0.1) is 0 Å². The number of hydrogen-bond donors (Lipinski definition) is 0. The normalized spacial score (nSPS) is 24.2. The number of hydrogen-bond acceptors (Lipinski definition) is 5. The molecule has 0 bridgehead atoms. The highest BCUT2D eigenvalue weighted by molar-refractivity contribution is 7.92. The van der Waals surface area contributed by atoms with Crippen LogP contribution < -0.4 is 5.46 Å². The molecule has 24 heavy (non-hydrogen) atoms. The Morgan fingerprint density at radius 2 is 1.46 bits per heavy atom. The molecule has 2 saturated heterocycles. The van der Waals surface area contributed by atoms with Gasteiger partial charge in [0.05, 0.1) is 21.3 Å². The molecule has 132 valence electrons. The van der Waals surface area contributed by atoms with E-state index in [0.717, 1.165) is 5.46 Å². The van der Waals surface area contributed by atoms with Crippen molar-refractivity contribution in [3.63, 3.8) is 0 Å². The predicted molar refractivity (Wildman–Crippen MR) is 93.2 cm³/mol. The quantitative estimate of drug-likeness (QED) is 0.778. The van der Waals surface area contributed by atoms with Gasteiger partial charge in [-0.05, 0) is 58.1 Å². The highest BCUT2D eigenvalue weighted by atomic mass is 32.2. The Hall–Kier alpha value is -0.885. The molecule has 2 aliphatic heterocycles. The van der Waals surface area contributed by atoms with Gasteiger partial charge >= 0.3 is 7.12 Å². The summed E-state index contributed by atoms with van der Waals surface area (Å²) >= 11 is 0. The van der Waals surface area contributed by atoms with Crippen molar-refractivity contribution < 1.29 is 22.5 Å². The van der Waals surface area contributed by atoms with Gasteiger partial charge in [0.25, 0.3) is 0 Å². The third-order valence-electron chi connectivity index (χ3n) is 5.34. The molecular weight excluding hydrogens is 327 g/mol. The molecule has 0 radical (unpaired) electrons. The standard InChI is InChI=1S/C17H25BO5S/c1-16(2)17(3,4)23-18(22-16)13-5-7-14(8-6-13)24(19,20)15-9-11-21-12-10-15/h5-8,15H,9-12H2,1-4H3. The minimum atomic E-state index is -3.31. The molecule has 0 unspecified atom stereocenters. The first-order valence-corrected chi connectivity index (χ1v) is 9.95. The third kappa shape index (κ3) is 3.15. The smallest absolute Gasteiger partial charge is 0.399 e. The number of ether oxygens (including phenoxy) is 1. The second-order valence-electron chi connectivity index (χ2n) is 7.51. The van der Waals surface area contributed by atoms with Crippen LogP contribution >= 0.6 is 0 Å². The van der Waals surface area contributed by atoms with Crippen molar-refractivity contribution in [3.05, 3.63) is 24.3 Å². The van der Waals surface area contributed by atoms with Crippen LogP contribution in [0.4, 0.5) is 0 Å². The van der Waals surface area contributed by atoms with E-state index in [1.807, 2.05) is 27.7 Å². The molecule has 3 rings (SSSR count). The summed E-state index contributed by atoms with van der Waals surface area (Å²) in [6.45, 7) is 9.01. The second-order valence-corrected chi connectivity index (χ2v) is 9.74. The molecule has 7 heteroatoms. The summed E-state index contributed by atoms with van der Waals surface area (Å²) in [4.78, 5) is 0.356. The number of sulfone groups is 1. The molecule has 0 N–H and O–H groups in total. The topological polar surface area (TPSA) is 61.8 Å². The van der Waals surface area contributed by atoms with Gasteiger partial charge in [-0.15, -0.1) is 0 Å². The van der Waals surface area contributed by atoms with Gasteiger partial charge in [-0.1, -0.05) is 12.1 Å². The molecule has 2 heterocycles. The summed E-state index contributed by atoms with van der Waals surface area (Å²) in [7, 11) is -3.79. The zero-order chi connectivity index (χ0) is 17.6. The molecule has 2 aliphatic rings. The zero-order valence-corrected chi connectivity index (χ0v) is 15.6. The van der Waals surface area contributed by atoms with Crippen molar-refractivity contribution in [1.82, 2.24) is 0 Å². The lowest BCUT2D eigenvalue weighted by Crippen LogP contribution is -2.41. The zero-order valence-electron chi connectivity index (χ0n) is 14.7. The largest absolute Gasteiger partial charge is 0.494 e. The van der Waals surface area contributed by atoms with Gasteiger partial charge in [0.1, 0.15) is 0 Å². The van der Waals surface area contributed by atoms with Crippen molar-refractivity contribution in [2.75, 3.05) is 13.2 Å². The lowest BCUT2D eigenvalue weighted by Gasteiger charge is -2.32. The first kappa shape index (κ1) is 17.9. The fraction of sp³-hybridized carbons (Fsp3) is 0.647. The van der Waals surface area contributed by atoms with Crippen molar-refractivity contribution in [3.8, 4) is 0 Å². The molecule has 1 aromatic rings. The van der Waals surface area contributed by atoms with E-state index in [4.69, 9.17) is 14.0 Å².